The van der Waals surface area contributed by atoms with Gasteiger partial charge >= 0.3 is 0 Å². The van der Waals surface area contributed by atoms with Crippen molar-refractivity contribution in [2.24, 2.45) is 0 Å². The van der Waals surface area contributed by atoms with E-state index in [0.29, 0.717) is 0 Å². The Morgan fingerprint density at radius 2 is 1.02 bits per heavy atom. The smallest absolute Gasteiger partial charge is 0.0713 e. The van der Waals surface area contributed by atoms with E-state index in [1.807, 2.05) is 0 Å². The first-order valence-electron chi connectivity index (χ1n) is 18.4. The lowest BCUT2D eigenvalue weighted by molar-refractivity contribution is 0.769. The topological polar surface area (TPSA) is 9.86 Å². The molecule has 248 valence electrons. The Balaban J connectivity index is 1.08. The zero-order valence-corrected chi connectivity index (χ0v) is 29.0. The number of fused-ring (bicyclic) bond motifs is 8. The molecular formula is C51H34N2. The lowest BCUT2D eigenvalue weighted by atomic mass is 9.67. The maximum absolute atomic E-state index is 2.44. The van der Waals surface area contributed by atoms with Crippen molar-refractivity contribution in [3.8, 4) is 33.6 Å². The second-order valence-corrected chi connectivity index (χ2v) is 14.1. The van der Waals surface area contributed by atoms with Gasteiger partial charge in [0.2, 0.25) is 0 Å². The summed E-state index contributed by atoms with van der Waals surface area (Å²) in [5.41, 5.74) is 15.8. The van der Waals surface area contributed by atoms with Crippen molar-refractivity contribution in [3.63, 3.8) is 0 Å². The van der Waals surface area contributed by atoms with Crippen LogP contribution in [0.25, 0.3) is 66.3 Å². The minimum Gasteiger partial charge on any atom is -0.316 e. The molecule has 0 fully saturated rings. The summed E-state index contributed by atoms with van der Waals surface area (Å²) >= 11 is 0. The molecule has 2 heterocycles. The zero-order valence-electron chi connectivity index (χ0n) is 29.0. The first-order valence-corrected chi connectivity index (χ1v) is 18.4. The third-order valence-corrected chi connectivity index (χ3v) is 11.4. The van der Waals surface area contributed by atoms with E-state index < -0.39 is 5.41 Å². The fourth-order valence-electron chi connectivity index (χ4n) is 9.19. The van der Waals surface area contributed by atoms with Crippen LogP contribution in [0.3, 0.4) is 0 Å². The van der Waals surface area contributed by atoms with Crippen molar-refractivity contribution in [2.75, 3.05) is 0 Å². The van der Waals surface area contributed by atoms with Crippen molar-refractivity contribution in [2.45, 2.75) is 5.41 Å². The van der Waals surface area contributed by atoms with Crippen molar-refractivity contribution < 1.29 is 0 Å². The molecule has 8 aromatic carbocycles. The maximum Gasteiger partial charge on any atom is 0.0713 e. The Kier molecular flexibility index (Phi) is 6.50. The maximum atomic E-state index is 2.44. The van der Waals surface area contributed by atoms with E-state index in [-0.39, 0.29) is 0 Å². The summed E-state index contributed by atoms with van der Waals surface area (Å²) in [5.74, 6) is 0. The normalized spacial score (nSPS) is 13.1. The highest BCUT2D eigenvalue weighted by Gasteiger charge is 2.46. The summed E-state index contributed by atoms with van der Waals surface area (Å²) in [5, 5.41) is 3.76. The van der Waals surface area contributed by atoms with Gasteiger partial charge in [-0.2, -0.15) is 0 Å². The molecule has 0 saturated carbocycles. The molecule has 0 saturated heterocycles. The van der Waals surface area contributed by atoms with Crippen LogP contribution in [0, 0.1) is 0 Å². The third-order valence-electron chi connectivity index (χ3n) is 11.4. The zero-order chi connectivity index (χ0) is 34.9. The van der Waals surface area contributed by atoms with Crippen LogP contribution in [0.4, 0.5) is 0 Å². The van der Waals surface area contributed by atoms with Crippen LogP contribution >= 0.6 is 0 Å². The molecular weight excluding hydrogens is 641 g/mol. The van der Waals surface area contributed by atoms with Gasteiger partial charge in [-0.25, -0.2) is 0 Å². The Hall–Kier alpha value is -6.90. The first kappa shape index (κ1) is 29.8. The largest absolute Gasteiger partial charge is 0.316 e. The van der Waals surface area contributed by atoms with Crippen LogP contribution in [0.5, 0.6) is 0 Å². The summed E-state index contributed by atoms with van der Waals surface area (Å²) in [7, 11) is 0. The van der Waals surface area contributed by atoms with Crippen molar-refractivity contribution >= 4 is 32.7 Å². The first-order chi connectivity index (χ1) is 26.3. The van der Waals surface area contributed by atoms with Crippen molar-refractivity contribution in [1.29, 1.82) is 0 Å². The Labute approximate surface area is 308 Å². The van der Waals surface area contributed by atoms with Gasteiger partial charge in [-0.1, -0.05) is 152 Å². The fourth-order valence-corrected chi connectivity index (χ4v) is 9.19. The van der Waals surface area contributed by atoms with Crippen molar-refractivity contribution in [1.82, 2.24) is 9.13 Å². The van der Waals surface area contributed by atoms with Crippen molar-refractivity contribution in [3.05, 3.63) is 229 Å². The van der Waals surface area contributed by atoms with E-state index in [9.17, 15) is 0 Å². The van der Waals surface area contributed by atoms with E-state index in [2.05, 4.69) is 216 Å². The van der Waals surface area contributed by atoms with Crippen LogP contribution in [0.1, 0.15) is 22.3 Å². The second kappa shape index (κ2) is 11.6. The van der Waals surface area contributed by atoms with Crippen LogP contribution in [-0.4, -0.2) is 9.13 Å². The van der Waals surface area contributed by atoms with E-state index in [1.54, 1.807) is 0 Å². The summed E-state index contributed by atoms with van der Waals surface area (Å²) < 4.78 is 4.75. The monoisotopic (exact) mass is 674 g/mol. The molecule has 0 aliphatic heterocycles. The number of para-hydroxylation sites is 2. The molecule has 11 rings (SSSR count). The van der Waals surface area contributed by atoms with Gasteiger partial charge in [0.25, 0.3) is 0 Å². The van der Waals surface area contributed by atoms with Gasteiger partial charge in [-0.3, -0.25) is 0 Å². The predicted octanol–water partition coefficient (Wildman–Crippen LogP) is 12.8. The summed E-state index contributed by atoms with van der Waals surface area (Å²) in [4.78, 5) is 0. The Bertz CT molecular complexity index is 2930. The van der Waals surface area contributed by atoms with Gasteiger partial charge < -0.3 is 9.13 Å². The molecule has 53 heavy (non-hydrogen) atoms. The molecule has 2 aromatic heterocycles. The molecule has 1 aliphatic carbocycles. The number of aromatic nitrogens is 2. The van der Waals surface area contributed by atoms with Crippen LogP contribution in [0.15, 0.2) is 206 Å². The molecule has 0 N–H and O–H groups in total. The lowest BCUT2D eigenvalue weighted by Crippen LogP contribution is -2.28. The molecule has 10 aromatic rings. The molecule has 0 amide bonds. The highest BCUT2D eigenvalue weighted by atomic mass is 15.0. The van der Waals surface area contributed by atoms with E-state index in [1.165, 1.54) is 77.2 Å². The lowest BCUT2D eigenvalue weighted by Gasteiger charge is -2.34. The van der Waals surface area contributed by atoms with Gasteiger partial charge in [-0.05, 0) is 93.0 Å². The standard InChI is InChI=1S/C51H34N2/c1-4-14-38(15-5-1)51(39-16-6-2-7-17-39)45-22-12-10-20-42(45)43-30-26-37(34-46(43)51)35-24-28-41(29-25-35)53-47-23-13-11-21-44(47)49-48(53)31-27-36-32-33-52(50(36)49)40-18-8-3-9-19-40/h1-34H. The number of benzene rings is 8. The number of hydrogen-bond donors (Lipinski definition) is 0. The van der Waals surface area contributed by atoms with Gasteiger partial charge in [0.15, 0.2) is 0 Å². The van der Waals surface area contributed by atoms with E-state index in [0.717, 1.165) is 11.4 Å². The SMILES string of the molecule is c1ccc(-n2ccc3ccc4c(c5ccccc5n4-c4ccc(-c5ccc6c(c5)C(c5ccccc5)(c5ccccc5)c5ccccc5-6)cc4)c32)cc1. The predicted molar refractivity (Wildman–Crippen MR) is 220 cm³/mol. The number of hydrogen-bond acceptors (Lipinski definition) is 0. The quantitative estimate of drug-likeness (QED) is 0.172. The number of rotatable bonds is 5. The molecule has 2 nitrogen and oxygen atoms in total. The molecule has 0 bridgehead atoms. The van der Waals surface area contributed by atoms with E-state index >= 15 is 0 Å². The van der Waals surface area contributed by atoms with Crippen LogP contribution in [0.2, 0.25) is 0 Å². The Morgan fingerprint density at radius 3 is 1.77 bits per heavy atom. The highest BCUT2D eigenvalue weighted by Crippen LogP contribution is 2.56. The molecule has 1 aliphatic rings. The average molecular weight is 675 g/mol. The fraction of sp³-hybridized carbons (Fsp3) is 0.0196. The molecule has 2 heteroatoms. The minimum atomic E-state index is -0.421. The minimum absolute atomic E-state index is 0.421. The molecule has 0 spiro atoms. The average Bonchev–Trinajstić information content (AvgIpc) is 3.91. The highest BCUT2D eigenvalue weighted by molar-refractivity contribution is 6.20. The van der Waals surface area contributed by atoms with Gasteiger partial charge in [-0.15, -0.1) is 0 Å². The van der Waals surface area contributed by atoms with Gasteiger partial charge in [0.05, 0.1) is 22.0 Å². The van der Waals surface area contributed by atoms with E-state index in [4.69, 9.17) is 0 Å². The second-order valence-electron chi connectivity index (χ2n) is 14.1. The van der Waals surface area contributed by atoms with Crippen LogP contribution < -0.4 is 0 Å². The number of nitrogens with zero attached hydrogens (tertiary/aromatic N) is 2. The molecule has 0 atom stereocenters. The summed E-state index contributed by atoms with van der Waals surface area (Å²) in [6, 6.07) is 73.5. The molecule has 0 radical (unpaired) electrons. The molecule has 0 unspecified atom stereocenters. The summed E-state index contributed by atoms with van der Waals surface area (Å²) in [6.45, 7) is 0. The van der Waals surface area contributed by atoms with Crippen LogP contribution in [-0.2, 0) is 5.41 Å². The van der Waals surface area contributed by atoms with Gasteiger partial charge in [0, 0.05) is 33.7 Å². The van der Waals surface area contributed by atoms with Gasteiger partial charge in [0.1, 0.15) is 0 Å². The third kappa shape index (κ3) is 4.27. The summed E-state index contributed by atoms with van der Waals surface area (Å²) in [6.07, 6.45) is 2.19. The Morgan fingerprint density at radius 1 is 0.396 bits per heavy atom.